The molecule has 0 unspecified atom stereocenters. The van der Waals surface area contributed by atoms with Gasteiger partial charge in [0, 0.05) is 6.42 Å². The van der Waals surface area contributed by atoms with Crippen LogP contribution in [0.3, 0.4) is 0 Å². The average Bonchev–Trinajstić information content (AvgIpc) is 2.44. The van der Waals surface area contributed by atoms with E-state index in [1.165, 1.54) is 32.1 Å². The molecule has 1 amide bonds. The minimum atomic E-state index is -0.427. The zero-order valence-corrected chi connectivity index (χ0v) is 13.7. The van der Waals surface area contributed by atoms with E-state index in [2.05, 4.69) is 6.08 Å². The maximum absolute atomic E-state index is 11.9. The van der Waals surface area contributed by atoms with Crippen LogP contribution in [0.25, 0.3) is 0 Å². The van der Waals surface area contributed by atoms with Crippen LogP contribution in [0.1, 0.15) is 65.7 Å². The first kappa shape index (κ1) is 16.2. The van der Waals surface area contributed by atoms with Crippen LogP contribution >= 0.6 is 0 Å². The van der Waals surface area contributed by atoms with Crippen molar-refractivity contribution >= 4 is 6.09 Å². The van der Waals surface area contributed by atoms with Crippen LogP contribution in [0.15, 0.2) is 11.8 Å². The Kier molecular flexibility index (Phi) is 5.54. The molecule has 0 aromatic carbocycles. The van der Waals surface area contributed by atoms with Gasteiger partial charge < -0.3 is 14.4 Å². The summed E-state index contributed by atoms with van der Waals surface area (Å²) in [5.41, 5.74) is -0.427. The van der Waals surface area contributed by atoms with E-state index in [-0.39, 0.29) is 12.2 Å². The summed E-state index contributed by atoms with van der Waals surface area (Å²) in [4.78, 5) is 13.6. The fraction of sp³-hybridized carbons (Fsp3) is 0.824. The Balaban J connectivity index is 1.72. The number of carbonyl (C=O) groups excluding carboxylic acids is 1. The molecule has 1 aliphatic heterocycles. The van der Waals surface area contributed by atoms with Crippen molar-refractivity contribution < 1.29 is 14.3 Å². The van der Waals surface area contributed by atoms with Crippen LogP contribution in [-0.2, 0) is 9.47 Å². The number of nitrogens with zero attached hydrogens (tertiary/aromatic N) is 1. The second-order valence-electron chi connectivity index (χ2n) is 7.10. The molecule has 21 heavy (non-hydrogen) atoms. The number of amides is 1. The standard InChI is InChI=1S/C17H29NO3/c1-17(2,3)21-16(19)18-12-15(13-18)20-14-10-8-6-4-5-7-9-11-14/h10,15H,4-9,11-13H2,1-3H3/b14-10+. The van der Waals surface area contributed by atoms with E-state index < -0.39 is 5.60 Å². The van der Waals surface area contributed by atoms with Crippen LogP contribution in [0.4, 0.5) is 4.79 Å². The summed E-state index contributed by atoms with van der Waals surface area (Å²) in [6.07, 6.45) is 10.8. The summed E-state index contributed by atoms with van der Waals surface area (Å²) in [7, 11) is 0. The molecule has 2 rings (SSSR count). The first-order valence-electron chi connectivity index (χ1n) is 8.28. The predicted octanol–water partition coefficient (Wildman–Crippen LogP) is 4.25. The Bertz CT molecular complexity index is 378. The maximum atomic E-state index is 11.9. The number of rotatable bonds is 2. The molecule has 0 spiro atoms. The SMILES string of the molecule is CC(C)(C)OC(=O)N1CC(O/C2=C/CCCCCCC2)C1. The topological polar surface area (TPSA) is 38.8 Å². The highest BCUT2D eigenvalue weighted by Gasteiger charge is 2.35. The second-order valence-corrected chi connectivity index (χ2v) is 7.10. The normalized spacial score (nSPS) is 24.0. The van der Waals surface area contributed by atoms with Crippen molar-refractivity contribution in [3.63, 3.8) is 0 Å². The molecular weight excluding hydrogens is 266 g/mol. The highest BCUT2D eigenvalue weighted by atomic mass is 16.6. The highest BCUT2D eigenvalue weighted by Crippen LogP contribution is 2.23. The Morgan fingerprint density at radius 3 is 2.52 bits per heavy atom. The summed E-state index contributed by atoms with van der Waals surface area (Å²) in [5, 5.41) is 0. The summed E-state index contributed by atoms with van der Waals surface area (Å²) in [6.45, 7) is 6.96. The van der Waals surface area contributed by atoms with Crippen molar-refractivity contribution in [2.45, 2.75) is 77.4 Å². The lowest BCUT2D eigenvalue weighted by molar-refractivity contribution is -0.0437. The van der Waals surface area contributed by atoms with Gasteiger partial charge in [-0.1, -0.05) is 19.3 Å². The van der Waals surface area contributed by atoms with Crippen molar-refractivity contribution in [3.05, 3.63) is 11.8 Å². The first-order valence-corrected chi connectivity index (χ1v) is 8.28. The lowest BCUT2D eigenvalue weighted by Crippen LogP contribution is -2.55. The fourth-order valence-electron chi connectivity index (χ4n) is 2.65. The van der Waals surface area contributed by atoms with Gasteiger partial charge in [-0.05, 0) is 46.1 Å². The Morgan fingerprint density at radius 1 is 1.14 bits per heavy atom. The van der Waals surface area contributed by atoms with E-state index in [0.717, 1.165) is 18.6 Å². The molecule has 0 atom stereocenters. The summed E-state index contributed by atoms with van der Waals surface area (Å²) >= 11 is 0. The van der Waals surface area contributed by atoms with E-state index >= 15 is 0 Å². The highest BCUT2D eigenvalue weighted by molar-refractivity contribution is 5.69. The van der Waals surface area contributed by atoms with E-state index in [0.29, 0.717) is 13.1 Å². The largest absolute Gasteiger partial charge is 0.491 e. The second kappa shape index (κ2) is 7.19. The van der Waals surface area contributed by atoms with Crippen LogP contribution in [0.5, 0.6) is 0 Å². The molecule has 1 saturated heterocycles. The van der Waals surface area contributed by atoms with Crippen LogP contribution in [-0.4, -0.2) is 35.8 Å². The third-order valence-corrected chi connectivity index (χ3v) is 3.82. The van der Waals surface area contributed by atoms with Gasteiger partial charge in [-0.3, -0.25) is 0 Å². The van der Waals surface area contributed by atoms with Gasteiger partial charge in [-0.2, -0.15) is 0 Å². The smallest absolute Gasteiger partial charge is 0.410 e. The van der Waals surface area contributed by atoms with Crippen molar-refractivity contribution in [3.8, 4) is 0 Å². The summed E-state index contributed by atoms with van der Waals surface area (Å²) in [5.74, 6) is 1.13. The third-order valence-electron chi connectivity index (χ3n) is 3.82. The molecule has 4 nitrogen and oxygen atoms in total. The molecule has 120 valence electrons. The van der Waals surface area contributed by atoms with Gasteiger partial charge in [0.05, 0.1) is 18.8 Å². The van der Waals surface area contributed by atoms with Gasteiger partial charge >= 0.3 is 6.09 Å². The van der Waals surface area contributed by atoms with Gasteiger partial charge in [-0.25, -0.2) is 4.79 Å². The lowest BCUT2D eigenvalue weighted by atomic mass is 10.1. The Hall–Kier alpha value is -1.19. The molecule has 4 heteroatoms. The van der Waals surface area contributed by atoms with E-state index in [1.807, 2.05) is 20.8 Å². The van der Waals surface area contributed by atoms with Gasteiger partial charge in [-0.15, -0.1) is 0 Å². The predicted molar refractivity (Wildman–Crippen MR) is 83.1 cm³/mol. The number of allylic oxidation sites excluding steroid dienone is 2. The molecule has 1 aliphatic carbocycles. The van der Waals surface area contributed by atoms with Gasteiger partial charge in [0.25, 0.3) is 0 Å². The number of ether oxygens (including phenoxy) is 2. The summed E-state index contributed by atoms with van der Waals surface area (Å²) in [6, 6.07) is 0. The molecule has 1 fully saturated rings. The molecule has 0 saturated carbocycles. The molecule has 0 N–H and O–H groups in total. The number of carbonyl (C=O) groups is 1. The van der Waals surface area contributed by atoms with E-state index in [4.69, 9.17) is 9.47 Å². The monoisotopic (exact) mass is 295 g/mol. The molecule has 0 aromatic rings. The molecule has 2 aliphatic rings. The number of hydrogen-bond donors (Lipinski definition) is 0. The van der Waals surface area contributed by atoms with Crippen molar-refractivity contribution in [1.29, 1.82) is 0 Å². The van der Waals surface area contributed by atoms with E-state index in [9.17, 15) is 4.79 Å². The lowest BCUT2D eigenvalue weighted by Gasteiger charge is -2.39. The fourth-order valence-corrected chi connectivity index (χ4v) is 2.65. The van der Waals surface area contributed by atoms with E-state index in [1.54, 1.807) is 4.90 Å². The molecule has 1 heterocycles. The van der Waals surface area contributed by atoms with Crippen LogP contribution in [0, 0.1) is 0 Å². The van der Waals surface area contributed by atoms with Gasteiger partial charge in [0.15, 0.2) is 0 Å². The molecular formula is C17H29NO3. The first-order chi connectivity index (χ1) is 9.94. The van der Waals surface area contributed by atoms with Crippen LogP contribution < -0.4 is 0 Å². The Morgan fingerprint density at radius 2 is 1.81 bits per heavy atom. The minimum absolute atomic E-state index is 0.143. The third kappa shape index (κ3) is 5.60. The molecule has 0 radical (unpaired) electrons. The average molecular weight is 295 g/mol. The van der Waals surface area contributed by atoms with Crippen LogP contribution in [0.2, 0.25) is 0 Å². The Labute approximate surface area is 128 Å². The van der Waals surface area contributed by atoms with Crippen molar-refractivity contribution in [2.75, 3.05) is 13.1 Å². The number of likely N-dealkylation sites (tertiary alicyclic amines) is 1. The quantitative estimate of drug-likeness (QED) is 0.764. The molecule has 0 aromatic heterocycles. The minimum Gasteiger partial charge on any atom is -0.491 e. The van der Waals surface area contributed by atoms with Crippen molar-refractivity contribution in [1.82, 2.24) is 4.90 Å². The van der Waals surface area contributed by atoms with Crippen molar-refractivity contribution in [2.24, 2.45) is 0 Å². The zero-order chi connectivity index (χ0) is 15.3. The zero-order valence-electron chi connectivity index (χ0n) is 13.7. The molecule has 0 bridgehead atoms. The van der Waals surface area contributed by atoms with Gasteiger partial charge in [0.1, 0.15) is 11.7 Å². The van der Waals surface area contributed by atoms with Gasteiger partial charge in [0.2, 0.25) is 0 Å². The summed E-state index contributed by atoms with van der Waals surface area (Å²) < 4.78 is 11.4. The maximum Gasteiger partial charge on any atom is 0.410 e. The number of hydrogen-bond acceptors (Lipinski definition) is 3.